The maximum absolute atomic E-state index is 7.54. The molecule has 6 heteroatoms. The maximum atomic E-state index is 7.54. The zero-order valence-corrected chi connectivity index (χ0v) is 23.0. The van der Waals surface area contributed by atoms with E-state index < -0.39 is 14.9 Å². The van der Waals surface area contributed by atoms with Crippen molar-refractivity contribution in [2.24, 2.45) is 0 Å². The molecule has 0 saturated heterocycles. The first-order chi connectivity index (χ1) is 14.3. The van der Waals surface area contributed by atoms with Gasteiger partial charge in [-0.15, -0.1) is 0 Å². The first-order valence-corrected chi connectivity index (χ1v) is 23.9. The molecule has 3 aliphatic rings. The Hall–Kier alpha value is -0.217. The van der Waals surface area contributed by atoms with Gasteiger partial charge >= 0.3 is 203 Å². The fourth-order valence-corrected chi connectivity index (χ4v) is 18.8. The van der Waals surface area contributed by atoms with E-state index in [1.54, 1.807) is 11.8 Å². The minimum absolute atomic E-state index is 0.286. The summed E-state index contributed by atoms with van der Waals surface area (Å²) >= 11 is 0.533. The fraction of sp³-hybridized carbons (Fsp3) is 0.0833. The molecule has 1 aliphatic heterocycles. The predicted octanol–water partition coefficient (Wildman–Crippen LogP) is 7.47. The molecule has 0 bridgehead atoms. The standard InChI is InChI=1S/C13H9.C11H6BrS.2ClH.H2S.Zr/c1-3-7-12-10(5-1)9-11-6-2-4-8-13(11)12;12-11-6-9-8-4-2-1-3-7(8)5-10(9)13-11;;;;/h1-7H,9H2;1-2,4-6,9H;2*1H;1H2;/q;;;;;+3/p-3. The van der Waals surface area contributed by atoms with Gasteiger partial charge in [0.25, 0.3) is 0 Å². The van der Waals surface area contributed by atoms with Crippen molar-refractivity contribution in [2.45, 2.75) is 12.3 Å². The second kappa shape index (κ2) is 6.89. The average molecular weight is 611 g/mol. The van der Waals surface area contributed by atoms with Crippen LogP contribution in [-0.4, -0.2) is 0 Å². The molecule has 1 heterocycles. The number of hydrogen-bond acceptors (Lipinski definition) is 2. The summed E-state index contributed by atoms with van der Waals surface area (Å²) in [4.78, 5) is 1.32. The Labute approximate surface area is 200 Å². The minimum atomic E-state index is -4.87. The molecule has 1 unspecified atom stereocenters. The van der Waals surface area contributed by atoms with Crippen LogP contribution in [0.3, 0.4) is 0 Å². The Kier molecular flexibility index (Phi) is 4.68. The predicted molar refractivity (Wildman–Crippen MR) is 136 cm³/mol. The van der Waals surface area contributed by atoms with Crippen LogP contribution in [0, 0.1) is 0 Å². The van der Waals surface area contributed by atoms with E-state index in [4.69, 9.17) is 26.4 Å². The fourth-order valence-electron chi connectivity index (χ4n) is 5.00. The summed E-state index contributed by atoms with van der Waals surface area (Å²) in [5.41, 5.74) is 7.48. The Morgan fingerprint density at radius 1 is 0.933 bits per heavy atom. The van der Waals surface area contributed by atoms with E-state index in [0.717, 1.165) is 18.5 Å². The average Bonchev–Trinajstić information content (AvgIpc) is 3.36. The van der Waals surface area contributed by atoms with Gasteiger partial charge in [-0.25, -0.2) is 0 Å². The molecule has 0 saturated carbocycles. The number of halogens is 3. The third kappa shape index (κ3) is 2.91. The van der Waals surface area contributed by atoms with Crippen molar-refractivity contribution in [1.82, 2.24) is 0 Å². The summed E-state index contributed by atoms with van der Waals surface area (Å²) in [7, 11) is 20.3. The zero-order valence-electron chi connectivity index (χ0n) is 15.7. The molecular weight excluding hydrogens is 594 g/mol. The monoisotopic (exact) mass is 607 g/mol. The Morgan fingerprint density at radius 2 is 1.67 bits per heavy atom. The summed E-state index contributed by atoms with van der Waals surface area (Å²) in [6.07, 6.45) is 5.43. The molecular formula is C24H16BrCl2S2Zr. The van der Waals surface area contributed by atoms with Crippen molar-refractivity contribution >= 4 is 66.7 Å². The molecule has 0 nitrogen and oxygen atoms in total. The zero-order chi connectivity index (χ0) is 20.7. The van der Waals surface area contributed by atoms with Crippen LogP contribution in [0.2, 0.25) is 0 Å². The molecule has 1 atom stereocenters. The molecule has 6 rings (SSSR count). The third-order valence-electron chi connectivity index (χ3n) is 6.32. The molecule has 0 N–H and O–H groups in total. The van der Waals surface area contributed by atoms with Crippen molar-refractivity contribution in [3.63, 3.8) is 0 Å². The molecule has 30 heavy (non-hydrogen) atoms. The summed E-state index contributed by atoms with van der Waals surface area (Å²) in [5.74, 6) is 0.286. The second-order valence-electron chi connectivity index (χ2n) is 8.05. The van der Waals surface area contributed by atoms with E-state index in [1.165, 1.54) is 36.5 Å². The summed E-state index contributed by atoms with van der Waals surface area (Å²) in [6, 6.07) is 21.3. The van der Waals surface area contributed by atoms with Crippen LogP contribution in [0.4, 0.5) is 0 Å². The van der Waals surface area contributed by atoms with Crippen LogP contribution >= 0.6 is 54.1 Å². The van der Waals surface area contributed by atoms with Gasteiger partial charge in [0.15, 0.2) is 0 Å². The van der Waals surface area contributed by atoms with E-state index in [9.17, 15) is 0 Å². The molecule has 3 aromatic carbocycles. The third-order valence-corrected chi connectivity index (χ3v) is 22.3. The molecule has 0 spiro atoms. The number of thioether (sulfide) groups is 1. The second-order valence-corrected chi connectivity index (χ2v) is 36.4. The SMILES string of the molecule is [SH][Zr]([Cl])([Cl])([c]1cccc2c1C=C1SC(Br)=CC12)[c]1cccc2c1-c1ccccc1C2. The van der Waals surface area contributed by atoms with Crippen LogP contribution in [0.25, 0.3) is 17.2 Å². The Bertz CT molecular complexity index is 1320. The van der Waals surface area contributed by atoms with E-state index >= 15 is 0 Å². The number of allylic oxidation sites excluding steroid dienone is 2. The van der Waals surface area contributed by atoms with Crippen molar-refractivity contribution in [3.8, 4) is 11.1 Å². The van der Waals surface area contributed by atoms with Gasteiger partial charge in [-0.3, -0.25) is 0 Å². The number of rotatable bonds is 2. The Morgan fingerprint density at radius 3 is 2.53 bits per heavy atom. The van der Waals surface area contributed by atoms with Crippen molar-refractivity contribution < 1.29 is 14.9 Å². The molecule has 149 valence electrons. The van der Waals surface area contributed by atoms with Crippen LogP contribution in [0.5, 0.6) is 0 Å². The normalized spacial score (nSPS) is 19.9. The first kappa shape index (κ1) is 20.4. The van der Waals surface area contributed by atoms with Crippen LogP contribution in [-0.2, 0) is 21.4 Å². The van der Waals surface area contributed by atoms with Gasteiger partial charge in [0.2, 0.25) is 0 Å². The van der Waals surface area contributed by atoms with Gasteiger partial charge in [0, 0.05) is 0 Å². The molecule has 0 fully saturated rings. The van der Waals surface area contributed by atoms with E-state index in [0.29, 0.717) is 0 Å². The van der Waals surface area contributed by atoms with Gasteiger partial charge in [0.1, 0.15) is 0 Å². The van der Waals surface area contributed by atoms with Gasteiger partial charge in [-0.05, 0) is 0 Å². The number of fused-ring (bicyclic) bond motifs is 6. The van der Waals surface area contributed by atoms with Gasteiger partial charge < -0.3 is 0 Å². The molecule has 0 amide bonds. The van der Waals surface area contributed by atoms with Crippen LogP contribution in [0.15, 0.2) is 75.5 Å². The van der Waals surface area contributed by atoms with Crippen LogP contribution in [0.1, 0.15) is 28.2 Å². The molecule has 0 aromatic heterocycles. The van der Waals surface area contributed by atoms with Crippen molar-refractivity contribution in [2.75, 3.05) is 0 Å². The molecule has 0 radical (unpaired) electrons. The molecule has 3 aromatic rings. The summed E-state index contributed by atoms with van der Waals surface area (Å²) < 4.78 is 3.21. The first-order valence-electron chi connectivity index (χ1n) is 9.75. The van der Waals surface area contributed by atoms with E-state index in [2.05, 4.69) is 88.7 Å². The Balaban J connectivity index is 1.60. The van der Waals surface area contributed by atoms with Crippen LogP contribution < -0.4 is 6.54 Å². The summed E-state index contributed by atoms with van der Waals surface area (Å²) in [6.45, 7) is 0. The quantitative estimate of drug-likeness (QED) is 0.230. The number of thiol groups is 1. The van der Waals surface area contributed by atoms with Gasteiger partial charge in [-0.1, -0.05) is 0 Å². The van der Waals surface area contributed by atoms with Gasteiger partial charge in [0.05, 0.1) is 0 Å². The molecule has 2 aliphatic carbocycles. The van der Waals surface area contributed by atoms with E-state index in [-0.39, 0.29) is 5.92 Å². The number of hydrogen-bond donors (Lipinski definition) is 1. The van der Waals surface area contributed by atoms with Crippen molar-refractivity contribution in [1.29, 1.82) is 0 Å². The number of benzene rings is 3. The van der Waals surface area contributed by atoms with Gasteiger partial charge in [-0.2, -0.15) is 0 Å². The van der Waals surface area contributed by atoms with E-state index in [1.807, 2.05) is 0 Å². The van der Waals surface area contributed by atoms with Crippen molar-refractivity contribution in [3.05, 3.63) is 97.7 Å². The summed E-state index contributed by atoms with van der Waals surface area (Å²) in [5, 5.41) is 0. The topological polar surface area (TPSA) is 0 Å².